The molecule has 1 aromatic rings. The van der Waals surface area contributed by atoms with Crippen molar-refractivity contribution in [3.63, 3.8) is 0 Å². The van der Waals surface area contributed by atoms with E-state index in [4.69, 9.17) is 10.5 Å². The highest BCUT2D eigenvalue weighted by atomic mass is 16.5. The highest BCUT2D eigenvalue weighted by molar-refractivity contribution is 5.51. The van der Waals surface area contributed by atoms with Gasteiger partial charge in [0.05, 0.1) is 25.4 Å². The van der Waals surface area contributed by atoms with Crippen LogP contribution in [0.2, 0.25) is 0 Å². The van der Waals surface area contributed by atoms with E-state index >= 15 is 0 Å². The Morgan fingerprint density at radius 2 is 2.39 bits per heavy atom. The van der Waals surface area contributed by atoms with Gasteiger partial charge in [-0.15, -0.1) is 0 Å². The van der Waals surface area contributed by atoms with Gasteiger partial charge in [-0.2, -0.15) is 0 Å². The average molecular weight is 251 g/mol. The smallest absolute Gasteiger partial charge is 0.133 e. The van der Waals surface area contributed by atoms with Crippen LogP contribution in [0.25, 0.3) is 0 Å². The molecule has 5 heteroatoms. The molecule has 1 fully saturated rings. The van der Waals surface area contributed by atoms with Gasteiger partial charge in [-0.25, -0.2) is 4.98 Å². The third-order valence-corrected chi connectivity index (χ3v) is 3.45. The molecular weight excluding hydrogens is 230 g/mol. The SMILES string of the molecule is Cc1ccnc(N2CC(CO)OCC2C)c1CN. The summed E-state index contributed by atoms with van der Waals surface area (Å²) in [5.74, 6) is 0.923. The number of nitrogens with two attached hydrogens (primary N) is 1. The molecule has 0 aromatic carbocycles. The zero-order valence-electron chi connectivity index (χ0n) is 11.0. The Balaban J connectivity index is 2.31. The van der Waals surface area contributed by atoms with Crippen molar-refractivity contribution >= 4 is 5.82 Å². The minimum atomic E-state index is -0.144. The largest absolute Gasteiger partial charge is 0.394 e. The first-order chi connectivity index (χ1) is 8.67. The summed E-state index contributed by atoms with van der Waals surface area (Å²) in [6.07, 6.45) is 1.66. The van der Waals surface area contributed by atoms with Crippen molar-refractivity contribution in [1.82, 2.24) is 4.98 Å². The summed E-state index contributed by atoms with van der Waals surface area (Å²) in [5, 5.41) is 9.23. The Labute approximate surface area is 108 Å². The number of rotatable bonds is 3. The van der Waals surface area contributed by atoms with Crippen molar-refractivity contribution in [2.24, 2.45) is 5.73 Å². The van der Waals surface area contributed by atoms with Gasteiger partial charge in [-0.1, -0.05) is 0 Å². The molecule has 0 saturated carbocycles. The standard InChI is InChI=1S/C13H21N3O2/c1-9-3-4-15-13(12(9)5-14)16-6-11(7-17)18-8-10(16)2/h3-4,10-11,17H,5-8,14H2,1-2H3. The summed E-state index contributed by atoms with van der Waals surface area (Å²) >= 11 is 0. The lowest BCUT2D eigenvalue weighted by molar-refractivity contribution is -0.0106. The van der Waals surface area contributed by atoms with Crippen LogP contribution in [0.15, 0.2) is 12.3 Å². The zero-order valence-corrected chi connectivity index (χ0v) is 11.0. The number of ether oxygens (including phenoxy) is 1. The van der Waals surface area contributed by atoms with Gasteiger partial charge in [0.1, 0.15) is 5.82 Å². The molecule has 100 valence electrons. The van der Waals surface area contributed by atoms with E-state index in [-0.39, 0.29) is 18.8 Å². The van der Waals surface area contributed by atoms with Gasteiger partial charge in [-0.3, -0.25) is 0 Å². The molecule has 1 aliphatic rings. The van der Waals surface area contributed by atoms with Crippen LogP contribution in [0.5, 0.6) is 0 Å². The number of aliphatic hydroxyl groups excluding tert-OH is 1. The van der Waals surface area contributed by atoms with Crippen molar-refractivity contribution < 1.29 is 9.84 Å². The quantitative estimate of drug-likeness (QED) is 0.815. The lowest BCUT2D eigenvalue weighted by Gasteiger charge is -2.39. The van der Waals surface area contributed by atoms with Crippen molar-refractivity contribution in [3.05, 3.63) is 23.4 Å². The first-order valence-electron chi connectivity index (χ1n) is 6.31. The van der Waals surface area contributed by atoms with Crippen molar-refractivity contribution in [2.45, 2.75) is 32.5 Å². The fourth-order valence-corrected chi connectivity index (χ4v) is 2.30. The van der Waals surface area contributed by atoms with Crippen LogP contribution in [0.1, 0.15) is 18.1 Å². The minimum absolute atomic E-state index is 0.0347. The van der Waals surface area contributed by atoms with Gasteiger partial charge < -0.3 is 20.5 Å². The maximum atomic E-state index is 9.23. The molecule has 18 heavy (non-hydrogen) atoms. The molecular formula is C13H21N3O2. The van der Waals surface area contributed by atoms with E-state index in [1.54, 1.807) is 6.20 Å². The van der Waals surface area contributed by atoms with E-state index in [0.29, 0.717) is 19.7 Å². The number of nitrogens with zero attached hydrogens (tertiary/aromatic N) is 2. The number of aryl methyl sites for hydroxylation is 1. The zero-order chi connectivity index (χ0) is 13.1. The molecule has 0 bridgehead atoms. The van der Waals surface area contributed by atoms with E-state index in [9.17, 15) is 5.11 Å². The molecule has 2 heterocycles. The van der Waals surface area contributed by atoms with Crippen molar-refractivity contribution in [3.8, 4) is 0 Å². The van der Waals surface area contributed by atoms with E-state index in [1.807, 2.05) is 13.0 Å². The molecule has 1 aliphatic heterocycles. The van der Waals surface area contributed by atoms with Gasteiger partial charge in [0.25, 0.3) is 0 Å². The molecule has 0 aliphatic carbocycles. The molecule has 1 aromatic heterocycles. The number of morpholine rings is 1. The number of aromatic nitrogens is 1. The van der Waals surface area contributed by atoms with Crippen LogP contribution in [0.4, 0.5) is 5.82 Å². The summed E-state index contributed by atoms with van der Waals surface area (Å²) in [6, 6.07) is 2.22. The fourth-order valence-electron chi connectivity index (χ4n) is 2.30. The van der Waals surface area contributed by atoms with Gasteiger partial charge in [0, 0.05) is 24.8 Å². The van der Waals surface area contributed by atoms with Crippen LogP contribution in [0.3, 0.4) is 0 Å². The highest BCUT2D eigenvalue weighted by Crippen LogP contribution is 2.25. The van der Waals surface area contributed by atoms with E-state index < -0.39 is 0 Å². The third kappa shape index (κ3) is 2.48. The molecule has 0 radical (unpaired) electrons. The number of hydrogen-bond acceptors (Lipinski definition) is 5. The fraction of sp³-hybridized carbons (Fsp3) is 0.615. The van der Waals surface area contributed by atoms with Gasteiger partial charge in [0.2, 0.25) is 0 Å². The Morgan fingerprint density at radius 1 is 1.61 bits per heavy atom. The summed E-state index contributed by atoms with van der Waals surface area (Å²) < 4.78 is 5.54. The van der Waals surface area contributed by atoms with Crippen LogP contribution in [-0.2, 0) is 11.3 Å². The maximum absolute atomic E-state index is 9.23. The highest BCUT2D eigenvalue weighted by Gasteiger charge is 2.28. The van der Waals surface area contributed by atoms with Crippen LogP contribution >= 0.6 is 0 Å². The molecule has 1 saturated heterocycles. The molecule has 2 unspecified atom stereocenters. The van der Waals surface area contributed by atoms with Gasteiger partial charge in [0.15, 0.2) is 0 Å². The number of pyridine rings is 1. The number of anilines is 1. The molecule has 2 rings (SSSR count). The van der Waals surface area contributed by atoms with E-state index in [2.05, 4.69) is 16.8 Å². The second-order valence-electron chi connectivity index (χ2n) is 4.77. The monoisotopic (exact) mass is 251 g/mol. The Morgan fingerprint density at radius 3 is 3.06 bits per heavy atom. The molecule has 0 amide bonds. The van der Waals surface area contributed by atoms with Gasteiger partial charge >= 0.3 is 0 Å². The topological polar surface area (TPSA) is 71.6 Å². The minimum Gasteiger partial charge on any atom is -0.394 e. The predicted octanol–water partition coefficient (Wildman–Crippen LogP) is 0.435. The maximum Gasteiger partial charge on any atom is 0.133 e. The Hall–Kier alpha value is -1.17. The normalized spacial score (nSPS) is 24.3. The number of hydrogen-bond donors (Lipinski definition) is 2. The second kappa shape index (κ2) is 5.65. The summed E-state index contributed by atoms with van der Waals surface area (Å²) in [5.41, 5.74) is 8.05. The second-order valence-corrected chi connectivity index (χ2v) is 4.77. The lowest BCUT2D eigenvalue weighted by atomic mass is 10.1. The Kier molecular flexibility index (Phi) is 4.16. The van der Waals surface area contributed by atoms with Crippen LogP contribution in [0, 0.1) is 6.92 Å². The summed E-state index contributed by atoms with van der Waals surface area (Å²) in [6.45, 7) is 5.90. The predicted molar refractivity (Wildman–Crippen MR) is 70.5 cm³/mol. The third-order valence-electron chi connectivity index (χ3n) is 3.45. The average Bonchev–Trinajstić information content (AvgIpc) is 2.39. The number of aliphatic hydroxyl groups is 1. The van der Waals surface area contributed by atoms with Crippen molar-refractivity contribution in [2.75, 3.05) is 24.7 Å². The van der Waals surface area contributed by atoms with Gasteiger partial charge in [-0.05, 0) is 25.5 Å². The summed E-state index contributed by atoms with van der Waals surface area (Å²) in [7, 11) is 0. The van der Waals surface area contributed by atoms with E-state index in [0.717, 1.165) is 16.9 Å². The first-order valence-corrected chi connectivity index (χ1v) is 6.31. The molecule has 3 N–H and O–H groups in total. The molecule has 0 spiro atoms. The lowest BCUT2D eigenvalue weighted by Crippen LogP contribution is -2.50. The Bertz CT molecular complexity index is 411. The van der Waals surface area contributed by atoms with Crippen LogP contribution < -0.4 is 10.6 Å². The molecule has 2 atom stereocenters. The first kappa shape index (κ1) is 13.3. The summed E-state index contributed by atoms with van der Waals surface area (Å²) in [4.78, 5) is 6.64. The van der Waals surface area contributed by atoms with Crippen molar-refractivity contribution in [1.29, 1.82) is 0 Å². The van der Waals surface area contributed by atoms with E-state index in [1.165, 1.54) is 0 Å². The molecule has 5 nitrogen and oxygen atoms in total. The van der Waals surface area contributed by atoms with Crippen LogP contribution in [-0.4, -0.2) is 42.0 Å².